The van der Waals surface area contributed by atoms with Gasteiger partial charge in [0.15, 0.2) is 0 Å². The lowest BCUT2D eigenvalue weighted by atomic mass is 9.95. The highest BCUT2D eigenvalue weighted by Crippen LogP contribution is 2.42. The summed E-state index contributed by atoms with van der Waals surface area (Å²) in [7, 11) is 0. The van der Waals surface area contributed by atoms with Gasteiger partial charge >= 0.3 is 6.18 Å². The molecule has 0 aliphatic carbocycles. The van der Waals surface area contributed by atoms with Crippen molar-refractivity contribution >= 4 is 34.8 Å². The number of rotatable bonds is 4. The Balaban J connectivity index is 1.31. The van der Waals surface area contributed by atoms with Crippen LogP contribution in [-0.2, 0) is 32.2 Å². The number of imidazole rings is 1. The van der Waals surface area contributed by atoms with E-state index in [0.29, 0.717) is 49.9 Å². The van der Waals surface area contributed by atoms with E-state index in [-0.39, 0.29) is 27.4 Å². The largest absolute Gasteiger partial charge is 0.416 e. The summed E-state index contributed by atoms with van der Waals surface area (Å²) >= 11 is 6.39. The van der Waals surface area contributed by atoms with Gasteiger partial charge in [0.05, 0.1) is 30.4 Å². The van der Waals surface area contributed by atoms with Crippen LogP contribution < -0.4 is 20.9 Å². The van der Waals surface area contributed by atoms with Crippen molar-refractivity contribution in [3.63, 3.8) is 0 Å². The second-order valence-electron chi connectivity index (χ2n) is 11.1. The predicted molar refractivity (Wildman–Crippen MR) is 155 cm³/mol. The van der Waals surface area contributed by atoms with Gasteiger partial charge in [-0.05, 0) is 48.5 Å². The number of aromatic nitrogens is 2. The Labute approximate surface area is 258 Å². The number of halogens is 6. The predicted octanol–water partition coefficient (Wildman–Crippen LogP) is 5.58. The van der Waals surface area contributed by atoms with Crippen molar-refractivity contribution in [2.75, 3.05) is 23.3 Å². The topological polar surface area (TPSA) is 91.3 Å². The molecule has 7 rings (SSSR count). The molecule has 3 aromatic carbocycles. The van der Waals surface area contributed by atoms with Crippen molar-refractivity contribution in [2.24, 2.45) is 0 Å². The Hall–Kier alpha value is -4.49. The number of fused-ring (bicyclic) bond motifs is 4. The highest BCUT2D eigenvalue weighted by Gasteiger charge is 2.37. The van der Waals surface area contributed by atoms with Crippen molar-refractivity contribution in [2.45, 2.75) is 38.3 Å². The first-order valence-electron chi connectivity index (χ1n) is 14.1. The zero-order valence-corrected chi connectivity index (χ0v) is 24.1. The smallest absolute Gasteiger partial charge is 0.365 e. The molecule has 4 aromatic rings. The molecule has 2 amide bonds. The van der Waals surface area contributed by atoms with Gasteiger partial charge < -0.3 is 25.4 Å². The van der Waals surface area contributed by atoms with Gasteiger partial charge in [0.1, 0.15) is 17.5 Å². The average Bonchev–Trinajstić information content (AvgIpc) is 3.54. The monoisotopic (exact) mass is 642 g/mol. The molecular weight excluding hydrogens is 619 g/mol. The SMILES string of the molecule is O=C(Nc1cc(N2CCc3c(nc4n3CCNC4)C2)cc2c1C(c1cc(F)ccc1Cl)NC2=O)c1cc(F)cc(C(F)(F)F)c1. The maximum absolute atomic E-state index is 14.3. The lowest BCUT2D eigenvalue weighted by Gasteiger charge is -2.30. The van der Waals surface area contributed by atoms with Crippen LogP contribution in [0.2, 0.25) is 5.02 Å². The van der Waals surface area contributed by atoms with E-state index in [1.54, 1.807) is 12.1 Å². The molecule has 3 N–H and O–H groups in total. The van der Waals surface area contributed by atoms with Gasteiger partial charge in [0.2, 0.25) is 0 Å². The summed E-state index contributed by atoms with van der Waals surface area (Å²) in [4.78, 5) is 33.5. The molecule has 1 aromatic heterocycles. The van der Waals surface area contributed by atoms with Crippen LogP contribution in [0.3, 0.4) is 0 Å². The van der Waals surface area contributed by atoms with Crippen molar-refractivity contribution in [1.29, 1.82) is 0 Å². The van der Waals surface area contributed by atoms with Crippen LogP contribution >= 0.6 is 11.6 Å². The van der Waals surface area contributed by atoms with Crippen LogP contribution in [0.5, 0.6) is 0 Å². The van der Waals surface area contributed by atoms with Crippen molar-refractivity contribution in [3.8, 4) is 0 Å². The highest BCUT2D eigenvalue weighted by atomic mass is 35.5. The first-order chi connectivity index (χ1) is 21.5. The Morgan fingerprint density at radius 2 is 1.87 bits per heavy atom. The number of carbonyl (C=O) groups is 2. The van der Waals surface area contributed by atoms with Crippen molar-refractivity contribution < 1.29 is 31.5 Å². The quantitative estimate of drug-likeness (QED) is 0.253. The molecule has 0 saturated heterocycles. The second kappa shape index (κ2) is 10.8. The van der Waals surface area contributed by atoms with Crippen LogP contribution in [-0.4, -0.2) is 34.5 Å². The number of hydrogen-bond donors (Lipinski definition) is 3. The minimum absolute atomic E-state index is 0.0770. The minimum atomic E-state index is -4.89. The molecule has 0 fully saturated rings. The first-order valence-corrected chi connectivity index (χ1v) is 14.5. The molecule has 1 unspecified atom stereocenters. The molecule has 0 saturated carbocycles. The van der Waals surface area contributed by atoms with E-state index in [1.165, 1.54) is 6.07 Å². The fraction of sp³-hybridized carbons (Fsp3) is 0.258. The van der Waals surface area contributed by atoms with E-state index < -0.39 is 46.8 Å². The van der Waals surface area contributed by atoms with Crippen LogP contribution in [0.1, 0.15) is 60.7 Å². The lowest BCUT2D eigenvalue weighted by Crippen LogP contribution is -2.33. The van der Waals surface area contributed by atoms with E-state index in [9.17, 15) is 31.5 Å². The lowest BCUT2D eigenvalue weighted by molar-refractivity contribution is -0.137. The Morgan fingerprint density at radius 1 is 1.04 bits per heavy atom. The highest BCUT2D eigenvalue weighted by molar-refractivity contribution is 6.31. The maximum atomic E-state index is 14.3. The van der Waals surface area contributed by atoms with Crippen LogP contribution in [0.25, 0.3) is 0 Å². The zero-order chi connectivity index (χ0) is 31.6. The molecule has 3 aliphatic heterocycles. The summed E-state index contributed by atoms with van der Waals surface area (Å²) in [5.41, 5.74) is 1.40. The molecule has 0 bridgehead atoms. The third-order valence-corrected chi connectivity index (χ3v) is 8.68. The molecule has 0 spiro atoms. The average molecular weight is 643 g/mol. The first kappa shape index (κ1) is 29.2. The third-order valence-electron chi connectivity index (χ3n) is 8.33. The molecule has 4 heterocycles. The fourth-order valence-electron chi connectivity index (χ4n) is 6.26. The summed E-state index contributed by atoms with van der Waals surface area (Å²) in [5, 5.41) is 8.84. The molecule has 1 atom stereocenters. The van der Waals surface area contributed by atoms with Gasteiger partial charge in [-0.3, -0.25) is 9.59 Å². The van der Waals surface area contributed by atoms with Gasteiger partial charge in [-0.1, -0.05) is 11.6 Å². The number of benzene rings is 3. The molecule has 45 heavy (non-hydrogen) atoms. The van der Waals surface area contributed by atoms with E-state index in [4.69, 9.17) is 16.6 Å². The molecule has 14 heteroatoms. The molecule has 0 radical (unpaired) electrons. The van der Waals surface area contributed by atoms with Crippen molar-refractivity contribution in [3.05, 3.63) is 110 Å². The van der Waals surface area contributed by atoms with Crippen LogP contribution in [0.15, 0.2) is 48.5 Å². The van der Waals surface area contributed by atoms with Gasteiger partial charge in [-0.2, -0.15) is 13.2 Å². The number of nitrogens with zero attached hydrogens (tertiary/aromatic N) is 3. The minimum Gasteiger partial charge on any atom is -0.365 e. The summed E-state index contributed by atoms with van der Waals surface area (Å²) < 4.78 is 70.9. The van der Waals surface area contributed by atoms with Crippen molar-refractivity contribution in [1.82, 2.24) is 20.2 Å². The van der Waals surface area contributed by atoms with Gasteiger partial charge in [0.25, 0.3) is 11.8 Å². The summed E-state index contributed by atoms with van der Waals surface area (Å²) in [6.07, 6.45) is -4.21. The van der Waals surface area contributed by atoms with Crippen LogP contribution in [0.4, 0.5) is 33.3 Å². The number of amides is 2. The van der Waals surface area contributed by atoms with Gasteiger partial charge in [-0.25, -0.2) is 13.8 Å². The second-order valence-corrected chi connectivity index (χ2v) is 11.5. The standard InChI is InChI=1S/C31H24ClF5N6O2/c32-22-2-1-17(33)10-20(22)28-27-21(30(45)41-28)11-19(42-5-3-25-24(14-42)39-26-13-38-4-6-43(25)26)12-23(27)40-29(44)15-7-16(31(35,36)37)9-18(34)8-15/h1-2,7-12,28,38H,3-6,13-14H2,(H,40,44)(H,41,45). The number of nitrogens with one attached hydrogen (secondary N) is 3. The van der Waals surface area contributed by atoms with E-state index in [0.717, 1.165) is 42.4 Å². The summed E-state index contributed by atoms with van der Waals surface area (Å²) in [5.74, 6) is -2.45. The maximum Gasteiger partial charge on any atom is 0.416 e. The molecular formula is C31H24ClF5N6O2. The van der Waals surface area contributed by atoms with Gasteiger partial charge in [0, 0.05) is 70.4 Å². The van der Waals surface area contributed by atoms with Gasteiger partial charge in [-0.15, -0.1) is 0 Å². The molecule has 8 nitrogen and oxygen atoms in total. The zero-order valence-electron chi connectivity index (χ0n) is 23.4. The fourth-order valence-corrected chi connectivity index (χ4v) is 6.49. The molecule has 232 valence electrons. The third kappa shape index (κ3) is 5.29. The summed E-state index contributed by atoms with van der Waals surface area (Å²) in [6.45, 7) is 3.29. The van der Waals surface area contributed by atoms with E-state index in [1.807, 2.05) is 4.90 Å². The van der Waals surface area contributed by atoms with E-state index in [2.05, 4.69) is 20.5 Å². The number of anilines is 2. The molecule has 3 aliphatic rings. The normalized spacial score (nSPS) is 17.4. The summed E-state index contributed by atoms with van der Waals surface area (Å²) in [6, 6.07) is 7.46. The Morgan fingerprint density at radius 3 is 2.67 bits per heavy atom. The Kier molecular flexibility index (Phi) is 7.04. The number of carbonyl (C=O) groups excluding carboxylic acids is 2. The van der Waals surface area contributed by atoms with Crippen LogP contribution in [0, 0.1) is 11.6 Å². The Bertz CT molecular complexity index is 1890. The van der Waals surface area contributed by atoms with E-state index >= 15 is 0 Å². The number of alkyl halides is 3. The number of hydrogen-bond acceptors (Lipinski definition) is 5.